The van der Waals surface area contributed by atoms with Crippen molar-refractivity contribution in [3.8, 4) is 11.8 Å². The molecule has 0 aliphatic heterocycles. The molecule has 0 spiro atoms. The minimum Gasteiger partial charge on any atom is -0.309 e. The van der Waals surface area contributed by atoms with Crippen molar-refractivity contribution in [1.29, 1.82) is 0 Å². The lowest BCUT2D eigenvalue weighted by Gasteiger charge is -1.94. The van der Waals surface area contributed by atoms with Gasteiger partial charge in [0.2, 0.25) is 0 Å². The number of halogens is 1. The van der Waals surface area contributed by atoms with E-state index < -0.39 is 0 Å². The second-order valence-electron chi connectivity index (χ2n) is 2.69. The Labute approximate surface area is 84.1 Å². The summed E-state index contributed by atoms with van der Waals surface area (Å²) in [4.78, 5) is 0. The predicted octanol–water partition coefficient (Wildman–Crippen LogP) is 2.11. The van der Waals surface area contributed by atoms with Crippen molar-refractivity contribution in [2.24, 2.45) is 0 Å². The van der Waals surface area contributed by atoms with Crippen LogP contribution in [0.25, 0.3) is 0 Å². The highest BCUT2D eigenvalue weighted by atomic mass is 35.5. The zero-order chi connectivity index (χ0) is 9.52. The van der Waals surface area contributed by atoms with E-state index in [1.165, 1.54) is 0 Å². The zero-order valence-corrected chi connectivity index (χ0v) is 8.36. The number of hydrogen-bond acceptors (Lipinski definition) is 1. The van der Waals surface area contributed by atoms with Gasteiger partial charge in [0.1, 0.15) is 0 Å². The zero-order valence-electron chi connectivity index (χ0n) is 7.60. The highest BCUT2D eigenvalue weighted by Gasteiger charge is 1.89. The molecule has 0 saturated carbocycles. The molecule has 0 atom stereocenters. The fourth-order valence-corrected chi connectivity index (χ4v) is 1.18. The summed E-state index contributed by atoms with van der Waals surface area (Å²) in [5.74, 6) is 6.06. The largest absolute Gasteiger partial charge is 0.309 e. The molecular weight excluding hydrogens is 182 g/mol. The normalized spacial score (nSPS) is 9.08. The van der Waals surface area contributed by atoms with E-state index in [-0.39, 0.29) is 0 Å². The first-order chi connectivity index (χ1) is 6.33. The van der Waals surface area contributed by atoms with E-state index in [1.807, 2.05) is 31.3 Å². The molecule has 0 unspecified atom stereocenters. The highest BCUT2D eigenvalue weighted by Crippen LogP contribution is 2.10. The Bertz CT molecular complexity index is 322. The summed E-state index contributed by atoms with van der Waals surface area (Å²) >= 11 is 5.82. The minimum absolute atomic E-state index is 0.737. The van der Waals surface area contributed by atoms with E-state index >= 15 is 0 Å². The van der Waals surface area contributed by atoms with E-state index in [0.29, 0.717) is 0 Å². The van der Waals surface area contributed by atoms with Crippen LogP contribution in [-0.4, -0.2) is 13.6 Å². The Balaban J connectivity index is 2.51. The lowest BCUT2D eigenvalue weighted by Crippen LogP contribution is -2.04. The minimum atomic E-state index is 0.737. The molecule has 68 valence electrons. The molecule has 1 nitrogen and oxygen atoms in total. The molecule has 0 saturated heterocycles. The first-order valence-corrected chi connectivity index (χ1v) is 4.55. The van der Waals surface area contributed by atoms with Crippen molar-refractivity contribution < 1.29 is 0 Å². The van der Waals surface area contributed by atoms with Gasteiger partial charge in [-0.1, -0.05) is 35.6 Å². The van der Waals surface area contributed by atoms with Crippen LogP contribution in [0.15, 0.2) is 24.3 Å². The number of nitrogens with one attached hydrogen (secondary N) is 1. The molecule has 1 rings (SSSR count). The summed E-state index contributed by atoms with van der Waals surface area (Å²) in [6.45, 7) is 0.737. The van der Waals surface area contributed by atoms with Crippen LogP contribution in [0.4, 0.5) is 0 Å². The lowest BCUT2D eigenvalue weighted by molar-refractivity contribution is 0.937. The Morgan fingerprint density at radius 1 is 1.38 bits per heavy atom. The summed E-state index contributed by atoms with van der Waals surface area (Å²) in [5, 5.41) is 3.74. The average Bonchev–Trinajstić information content (AvgIpc) is 2.13. The quantitative estimate of drug-likeness (QED) is 0.710. The Morgan fingerprint density at radius 3 is 2.92 bits per heavy atom. The molecule has 1 N–H and O–H groups in total. The third-order valence-electron chi connectivity index (χ3n) is 1.57. The highest BCUT2D eigenvalue weighted by molar-refractivity contribution is 6.30. The van der Waals surface area contributed by atoms with Gasteiger partial charge in [0, 0.05) is 11.4 Å². The Hall–Kier alpha value is -0.970. The van der Waals surface area contributed by atoms with Gasteiger partial charge < -0.3 is 5.32 Å². The van der Waals surface area contributed by atoms with Crippen molar-refractivity contribution in [2.45, 2.75) is 6.42 Å². The van der Waals surface area contributed by atoms with Gasteiger partial charge in [0.25, 0.3) is 0 Å². The van der Waals surface area contributed by atoms with Gasteiger partial charge >= 0.3 is 0 Å². The molecule has 0 fully saturated rings. The second kappa shape index (κ2) is 5.64. The van der Waals surface area contributed by atoms with Gasteiger partial charge in [0.15, 0.2) is 0 Å². The molecule has 0 amide bonds. The van der Waals surface area contributed by atoms with Crippen LogP contribution in [0.5, 0.6) is 0 Å². The van der Waals surface area contributed by atoms with Crippen molar-refractivity contribution in [2.75, 3.05) is 13.6 Å². The molecular formula is C11H12ClN. The van der Waals surface area contributed by atoms with E-state index in [0.717, 1.165) is 23.6 Å². The van der Waals surface area contributed by atoms with Crippen molar-refractivity contribution in [3.05, 3.63) is 34.9 Å². The van der Waals surface area contributed by atoms with Crippen LogP contribution in [0.1, 0.15) is 5.56 Å². The molecule has 2 heteroatoms. The monoisotopic (exact) mass is 193 g/mol. The fraction of sp³-hybridized carbons (Fsp3) is 0.273. The van der Waals surface area contributed by atoms with Crippen molar-refractivity contribution in [1.82, 2.24) is 5.32 Å². The van der Waals surface area contributed by atoms with Crippen molar-refractivity contribution in [3.63, 3.8) is 0 Å². The maximum Gasteiger partial charge on any atom is 0.0574 e. The number of rotatable bonds is 2. The van der Waals surface area contributed by atoms with Crippen molar-refractivity contribution >= 4 is 11.6 Å². The van der Waals surface area contributed by atoms with Gasteiger partial charge in [-0.3, -0.25) is 0 Å². The molecule has 0 aliphatic carbocycles. The van der Waals surface area contributed by atoms with Crippen LogP contribution < -0.4 is 5.32 Å². The van der Waals surface area contributed by atoms with Gasteiger partial charge in [-0.2, -0.15) is 0 Å². The number of benzene rings is 1. The van der Waals surface area contributed by atoms with Crippen LogP contribution in [-0.2, 0) is 6.42 Å². The summed E-state index contributed by atoms with van der Waals surface area (Å²) in [6.07, 6.45) is 0.766. The van der Waals surface area contributed by atoms with Crippen LogP contribution in [0.3, 0.4) is 0 Å². The first-order valence-electron chi connectivity index (χ1n) is 4.17. The van der Waals surface area contributed by atoms with E-state index in [4.69, 9.17) is 11.6 Å². The van der Waals surface area contributed by atoms with E-state index in [9.17, 15) is 0 Å². The molecule has 0 radical (unpaired) electrons. The third kappa shape index (κ3) is 3.98. The lowest BCUT2D eigenvalue weighted by atomic mass is 10.2. The van der Waals surface area contributed by atoms with Crippen LogP contribution in [0, 0.1) is 11.8 Å². The van der Waals surface area contributed by atoms with Crippen LogP contribution in [0.2, 0.25) is 5.02 Å². The molecule has 13 heavy (non-hydrogen) atoms. The summed E-state index contributed by atoms with van der Waals surface area (Å²) in [5.41, 5.74) is 1.16. The van der Waals surface area contributed by atoms with Crippen LogP contribution >= 0.6 is 11.6 Å². The van der Waals surface area contributed by atoms with Gasteiger partial charge in [0.05, 0.1) is 6.54 Å². The van der Waals surface area contributed by atoms with Gasteiger partial charge in [-0.25, -0.2) is 0 Å². The Morgan fingerprint density at radius 2 is 2.23 bits per heavy atom. The topological polar surface area (TPSA) is 12.0 Å². The first kappa shape index (κ1) is 10.1. The second-order valence-corrected chi connectivity index (χ2v) is 3.13. The van der Waals surface area contributed by atoms with E-state index in [1.54, 1.807) is 0 Å². The molecule has 0 aliphatic rings. The fourth-order valence-electron chi connectivity index (χ4n) is 0.962. The summed E-state index contributed by atoms with van der Waals surface area (Å²) in [7, 11) is 1.88. The SMILES string of the molecule is CNCC#CCc1cccc(Cl)c1. The summed E-state index contributed by atoms with van der Waals surface area (Å²) in [6, 6.07) is 7.78. The molecule has 0 aromatic heterocycles. The van der Waals surface area contributed by atoms with E-state index in [2.05, 4.69) is 17.2 Å². The van der Waals surface area contributed by atoms with Gasteiger partial charge in [-0.05, 0) is 24.7 Å². The predicted molar refractivity (Wildman–Crippen MR) is 56.9 cm³/mol. The Kier molecular flexibility index (Phi) is 4.39. The maximum atomic E-state index is 5.82. The standard InChI is InChI=1S/C11H12ClN/c1-13-8-3-2-5-10-6-4-7-11(12)9-10/h4,6-7,9,13H,5,8H2,1H3. The number of hydrogen-bond donors (Lipinski definition) is 1. The molecule has 1 aromatic rings. The third-order valence-corrected chi connectivity index (χ3v) is 1.81. The van der Waals surface area contributed by atoms with Gasteiger partial charge in [-0.15, -0.1) is 0 Å². The molecule has 0 heterocycles. The average molecular weight is 194 g/mol. The molecule has 0 bridgehead atoms. The smallest absolute Gasteiger partial charge is 0.0574 e. The maximum absolute atomic E-state index is 5.82. The molecule has 1 aromatic carbocycles. The summed E-state index contributed by atoms with van der Waals surface area (Å²) < 4.78 is 0.